The molecule has 0 saturated heterocycles. The molecular formula is C13H15N3O3. The van der Waals surface area contributed by atoms with Crippen LogP contribution in [0.3, 0.4) is 0 Å². The van der Waals surface area contributed by atoms with E-state index in [0.717, 1.165) is 11.3 Å². The van der Waals surface area contributed by atoms with Crippen LogP contribution in [0.2, 0.25) is 0 Å². The van der Waals surface area contributed by atoms with Gasteiger partial charge in [-0.15, -0.1) is 0 Å². The molecule has 1 N–H and O–H groups in total. The zero-order chi connectivity index (χ0) is 13.8. The molecule has 0 aromatic carbocycles. The molecule has 1 amide bonds. The second-order valence-corrected chi connectivity index (χ2v) is 4.41. The molecule has 19 heavy (non-hydrogen) atoms. The lowest BCUT2D eigenvalue weighted by Crippen LogP contribution is -2.32. The Bertz CT molecular complexity index is 540. The number of carbonyl (C=O) groups is 2. The van der Waals surface area contributed by atoms with Crippen molar-refractivity contribution >= 4 is 23.4 Å². The van der Waals surface area contributed by atoms with Gasteiger partial charge in [-0.05, 0) is 31.4 Å². The van der Waals surface area contributed by atoms with Gasteiger partial charge in [0.05, 0.1) is 6.42 Å². The Kier molecular flexibility index (Phi) is 3.89. The maximum atomic E-state index is 11.9. The van der Waals surface area contributed by atoms with Crippen LogP contribution in [0.4, 0.5) is 5.82 Å². The highest BCUT2D eigenvalue weighted by Gasteiger charge is 2.24. The predicted molar refractivity (Wildman–Crippen MR) is 70.0 cm³/mol. The summed E-state index contributed by atoms with van der Waals surface area (Å²) >= 11 is 0. The maximum absolute atomic E-state index is 11.9. The number of aryl methyl sites for hydroxylation is 1. The fourth-order valence-corrected chi connectivity index (χ4v) is 1.90. The highest BCUT2D eigenvalue weighted by atomic mass is 16.4. The molecule has 0 fully saturated rings. The third-order valence-corrected chi connectivity index (χ3v) is 2.91. The van der Waals surface area contributed by atoms with E-state index in [-0.39, 0.29) is 12.3 Å². The molecule has 0 spiro atoms. The van der Waals surface area contributed by atoms with Gasteiger partial charge in [-0.3, -0.25) is 9.59 Å². The molecule has 2 heterocycles. The minimum absolute atomic E-state index is 0.0298. The first-order chi connectivity index (χ1) is 9.08. The molecule has 1 aliphatic heterocycles. The average Bonchev–Trinajstić information content (AvgIpc) is 2.38. The molecule has 6 nitrogen and oxygen atoms in total. The van der Waals surface area contributed by atoms with E-state index < -0.39 is 5.97 Å². The van der Waals surface area contributed by atoms with Crippen LogP contribution >= 0.6 is 0 Å². The van der Waals surface area contributed by atoms with E-state index in [9.17, 15) is 9.59 Å². The van der Waals surface area contributed by atoms with Gasteiger partial charge in [0.2, 0.25) is 5.91 Å². The topological polar surface area (TPSA) is 82.9 Å². The van der Waals surface area contributed by atoms with Crippen LogP contribution in [-0.2, 0) is 9.59 Å². The molecule has 2 rings (SSSR count). The number of carboxylic acids is 1. The quantitative estimate of drug-likeness (QED) is 0.894. The molecule has 1 aliphatic rings. The number of hydrogen-bond acceptors (Lipinski definition) is 4. The number of anilines is 1. The van der Waals surface area contributed by atoms with Crippen molar-refractivity contribution in [3.05, 3.63) is 23.9 Å². The number of aromatic nitrogens is 1. The van der Waals surface area contributed by atoms with E-state index in [2.05, 4.69) is 10.1 Å². The Hall–Kier alpha value is -2.24. The zero-order valence-corrected chi connectivity index (χ0v) is 10.7. The van der Waals surface area contributed by atoms with E-state index >= 15 is 0 Å². The molecule has 0 aliphatic carbocycles. The Balaban J connectivity index is 2.23. The number of hydrogen-bond donors (Lipinski definition) is 1. The number of rotatable bonds is 4. The van der Waals surface area contributed by atoms with E-state index in [1.54, 1.807) is 12.3 Å². The monoisotopic (exact) mass is 261 g/mol. The van der Waals surface area contributed by atoms with Crippen LogP contribution in [0, 0.1) is 6.92 Å². The van der Waals surface area contributed by atoms with Crippen LogP contribution in [-0.4, -0.2) is 27.7 Å². The summed E-state index contributed by atoms with van der Waals surface area (Å²) in [6, 6.07) is 3.65. The fourth-order valence-electron chi connectivity index (χ4n) is 1.90. The summed E-state index contributed by atoms with van der Waals surface area (Å²) in [7, 11) is 0. The molecule has 0 atom stereocenters. The largest absolute Gasteiger partial charge is 0.481 e. The van der Waals surface area contributed by atoms with Gasteiger partial charge in [0.25, 0.3) is 0 Å². The molecule has 0 saturated carbocycles. The first-order valence-electron chi connectivity index (χ1n) is 6.10. The minimum Gasteiger partial charge on any atom is -0.481 e. The molecule has 6 heteroatoms. The van der Waals surface area contributed by atoms with Gasteiger partial charge in [-0.25, -0.2) is 4.98 Å². The number of carboxylic acid groups (broad SMARTS) is 1. The Morgan fingerprint density at radius 1 is 1.47 bits per heavy atom. The van der Waals surface area contributed by atoms with Crippen molar-refractivity contribution in [2.24, 2.45) is 5.10 Å². The van der Waals surface area contributed by atoms with E-state index in [1.807, 2.05) is 13.0 Å². The second kappa shape index (κ2) is 5.60. The molecule has 0 radical (unpaired) electrons. The minimum atomic E-state index is -0.861. The molecule has 100 valence electrons. The van der Waals surface area contributed by atoms with Gasteiger partial charge in [-0.2, -0.15) is 10.1 Å². The lowest BCUT2D eigenvalue weighted by Gasteiger charge is -2.23. The van der Waals surface area contributed by atoms with Crippen molar-refractivity contribution in [2.45, 2.75) is 32.6 Å². The first-order valence-corrected chi connectivity index (χ1v) is 6.10. The molecule has 1 aromatic heterocycles. The summed E-state index contributed by atoms with van der Waals surface area (Å²) in [5.74, 6) is -0.457. The lowest BCUT2D eigenvalue weighted by atomic mass is 10.1. The summed E-state index contributed by atoms with van der Waals surface area (Å²) in [5.41, 5.74) is 1.59. The van der Waals surface area contributed by atoms with Crippen LogP contribution in [0.5, 0.6) is 0 Å². The number of carbonyl (C=O) groups excluding carboxylic acids is 1. The van der Waals surface area contributed by atoms with E-state index in [0.29, 0.717) is 25.1 Å². The smallest absolute Gasteiger partial charge is 0.303 e. The van der Waals surface area contributed by atoms with Gasteiger partial charge >= 0.3 is 5.97 Å². The van der Waals surface area contributed by atoms with Gasteiger partial charge in [0, 0.05) is 18.3 Å². The van der Waals surface area contributed by atoms with Gasteiger partial charge in [0.1, 0.15) is 0 Å². The van der Waals surface area contributed by atoms with Crippen LogP contribution < -0.4 is 5.01 Å². The van der Waals surface area contributed by atoms with Crippen molar-refractivity contribution in [1.29, 1.82) is 0 Å². The van der Waals surface area contributed by atoms with Crippen molar-refractivity contribution in [3.8, 4) is 0 Å². The van der Waals surface area contributed by atoms with Crippen molar-refractivity contribution in [3.63, 3.8) is 0 Å². The van der Waals surface area contributed by atoms with Crippen molar-refractivity contribution in [1.82, 2.24) is 4.98 Å². The van der Waals surface area contributed by atoms with Crippen LogP contribution in [0.15, 0.2) is 23.4 Å². The van der Waals surface area contributed by atoms with E-state index in [4.69, 9.17) is 5.11 Å². The summed E-state index contributed by atoms with van der Waals surface area (Å²) < 4.78 is 0. The molecule has 0 unspecified atom stereocenters. The highest BCUT2D eigenvalue weighted by molar-refractivity contribution is 6.02. The summed E-state index contributed by atoms with van der Waals surface area (Å²) in [6.07, 6.45) is 2.87. The van der Waals surface area contributed by atoms with Crippen molar-refractivity contribution < 1.29 is 14.7 Å². The summed E-state index contributed by atoms with van der Waals surface area (Å²) in [6.45, 7) is 1.86. The third-order valence-electron chi connectivity index (χ3n) is 2.91. The number of aliphatic carboxylic acids is 1. The van der Waals surface area contributed by atoms with Crippen LogP contribution in [0.1, 0.15) is 31.2 Å². The molecule has 1 aromatic rings. The van der Waals surface area contributed by atoms with Gasteiger partial charge in [0.15, 0.2) is 5.82 Å². The lowest BCUT2D eigenvalue weighted by molar-refractivity contribution is -0.136. The Morgan fingerprint density at radius 2 is 2.26 bits per heavy atom. The van der Waals surface area contributed by atoms with Crippen LogP contribution in [0.25, 0.3) is 0 Å². The highest BCUT2D eigenvalue weighted by Crippen LogP contribution is 2.22. The Morgan fingerprint density at radius 3 is 2.95 bits per heavy atom. The zero-order valence-electron chi connectivity index (χ0n) is 10.7. The Labute approximate surface area is 110 Å². The normalized spacial score (nSPS) is 15.3. The van der Waals surface area contributed by atoms with Crippen molar-refractivity contribution in [2.75, 3.05) is 5.01 Å². The average molecular weight is 261 g/mol. The number of amides is 1. The SMILES string of the molecule is Cc1cccnc1N1N=C(CCC(=O)O)CCC1=O. The number of nitrogens with zero attached hydrogens (tertiary/aromatic N) is 3. The van der Waals surface area contributed by atoms with Gasteiger partial charge < -0.3 is 5.11 Å². The predicted octanol–water partition coefficient (Wildman–Crippen LogP) is 1.74. The second-order valence-electron chi connectivity index (χ2n) is 4.41. The van der Waals surface area contributed by atoms with E-state index in [1.165, 1.54) is 5.01 Å². The van der Waals surface area contributed by atoms with Gasteiger partial charge in [-0.1, -0.05) is 6.07 Å². The number of hydrazone groups is 1. The maximum Gasteiger partial charge on any atom is 0.303 e. The summed E-state index contributed by atoms with van der Waals surface area (Å²) in [4.78, 5) is 26.6. The summed E-state index contributed by atoms with van der Waals surface area (Å²) in [5, 5.41) is 14.2. The number of pyridine rings is 1. The molecular weight excluding hydrogens is 246 g/mol. The third kappa shape index (κ3) is 3.15. The fraction of sp³-hybridized carbons (Fsp3) is 0.385. The molecule has 0 bridgehead atoms. The first kappa shape index (κ1) is 13.2. The standard InChI is InChI=1S/C13H15N3O3/c1-9-3-2-8-14-13(9)16-11(17)6-4-10(15-16)5-7-12(18)19/h2-3,8H,4-7H2,1H3,(H,18,19).